The van der Waals surface area contributed by atoms with Gasteiger partial charge in [0.15, 0.2) is 0 Å². The summed E-state index contributed by atoms with van der Waals surface area (Å²) in [6.45, 7) is 0. The molecule has 1 fully saturated rings. The molecule has 1 aliphatic rings. The maximum Gasteiger partial charge on any atom is 0.0462 e. The third kappa shape index (κ3) is 6.82. The summed E-state index contributed by atoms with van der Waals surface area (Å²) >= 11 is 0. The number of hydrogen-bond acceptors (Lipinski definition) is 5. The molecule has 1 saturated heterocycles. The van der Waals surface area contributed by atoms with Crippen molar-refractivity contribution < 1.29 is 9.90 Å². The van der Waals surface area contributed by atoms with E-state index in [-0.39, 0.29) is 20.8 Å². The van der Waals surface area contributed by atoms with Gasteiger partial charge in [-0.15, -0.1) is 0 Å². The number of carbonyl (C=O) groups is 1. The molecule has 0 aromatic heterocycles. The predicted octanol–water partition coefficient (Wildman–Crippen LogP) is 0.595. The maximum absolute atomic E-state index is 10.1. The van der Waals surface area contributed by atoms with Crippen LogP contribution in [0, 0.1) is 5.92 Å². The SMILES string of the molecule is C.C.CN.O=C([O-])C1CSSC1. The lowest BCUT2D eigenvalue weighted by molar-refractivity contribution is -0.309. The normalized spacial score (nSPS) is 14.8. The van der Waals surface area contributed by atoms with Crippen molar-refractivity contribution in [1.82, 2.24) is 0 Å². The van der Waals surface area contributed by atoms with Crippen LogP contribution < -0.4 is 10.8 Å². The third-order valence-corrected chi connectivity index (χ3v) is 3.52. The Kier molecular flexibility index (Phi) is 16.7. The van der Waals surface area contributed by atoms with Gasteiger partial charge in [-0.25, -0.2) is 0 Å². The van der Waals surface area contributed by atoms with Gasteiger partial charge in [0.1, 0.15) is 0 Å². The van der Waals surface area contributed by atoms with Crippen molar-refractivity contribution in [3.8, 4) is 0 Å². The molecule has 0 bridgehead atoms. The molecule has 0 aromatic rings. The number of carbonyl (C=O) groups excluding carboxylic acids is 1. The van der Waals surface area contributed by atoms with Crippen molar-refractivity contribution in [3.63, 3.8) is 0 Å². The zero-order chi connectivity index (χ0) is 7.98. The second-order valence-electron chi connectivity index (χ2n) is 1.58. The van der Waals surface area contributed by atoms with E-state index in [0.717, 1.165) is 0 Å². The van der Waals surface area contributed by atoms with Gasteiger partial charge in [-0.05, 0) is 7.05 Å². The quantitative estimate of drug-likeness (QED) is 0.645. The summed E-state index contributed by atoms with van der Waals surface area (Å²) in [6, 6.07) is 0. The zero-order valence-corrected chi connectivity index (χ0v) is 7.33. The van der Waals surface area contributed by atoms with E-state index in [1.54, 1.807) is 21.6 Å². The van der Waals surface area contributed by atoms with Gasteiger partial charge in [-0.3, -0.25) is 0 Å². The van der Waals surface area contributed by atoms with E-state index >= 15 is 0 Å². The average molecular weight is 212 g/mol. The molecule has 1 aliphatic heterocycles. The molecule has 3 nitrogen and oxygen atoms in total. The van der Waals surface area contributed by atoms with Crippen molar-refractivity contribution in [3.05, 3.63) is 0 Å². The van der Waals surface area contributed by atoms with Crippen LogP contribution in [0.15, 0.2) is 0 Å². The molecule has 1 heterocycles. The Morgan fingerprint density at radius 2 is 1.67 bits per heavy atom. The van der Waals surface area contributed by atoms with Gasteiger partial charge in [-0.1, -0.05) is 36.4 Å². The minimum atomic E-state index is -0.900. The van der Waals surface area contributed by atoms with Crippen LogP contribution in [0.3, 0.4) is 0 Å². The topological polar surface area (TPSA) is 66.2 Å². The fraction of sp³-hybridized carbons (Fsp3) is 0.857. The van der Waals surface area contributed by atoms with Crippen molar-refractivity contribution in [2.45, 2.75) is 14.9 Å². The van der Waals surface area contributed by atoms with Gasteiger partial charge in [0.25, 0.3) is 0 Å². The first-order valence-electron chi connectivity index (χ1n) is 2.83. The lowest BCUT2D eigenvalue weighted by Gasteiger charge is -2.05. The van der Waals surface area contributed by atoms with E-state index < -0.39 is 5.97 Å². The fourth-order valence-corrected chi connectivity index (χ4v) is 3.19. The highest BCUT2D eigenvalue weighted by Crippen LogP contribution is 2.33. The number of hydrogen-bond donors (Lipinski definition) is 1. The van der Waals surface area contributed by atoms with Gasteiger partial charge in [0.05, 0.1) is 0 Å². The number of carboxylic acids is 1. The predicted molar refractivity (Wildman–Crippen MR) is 57.0 cm³/mol. The summed E-state index contributed by atoms with van der Waals surface area (Å²) in [4.78, 5) is 10.1. The zero-order valence-electron chi connectivity index (χ0n) is 5.70. The second kappa shape index (κ2) is 11.1. The van der Waals surface area contributed by atoms with Crippen LogP contribution in [0.25, 0.3) is 0 Å². The van der Waals surface area contributed by atoms with Crippen LogP contribution in [0.5, 0.6) is 0 Å². The Hall–Kier alpha value is 0.130. The van der Waals surface area contributed by atoms with Crippen LogP contribution in [0.4, 0.5) is 0 Å². The lowest BCUT2D eigenvalue weighted by Crippen LogP contribution is -2.32. The van der Waals surface area contributed by atoms with Crippen molar-refractivity contribution in [2.24, 2.45) is 11.7 Å². The Bertz CT molecular complexity index is 106. The molecule has 0 radical (unpaired) electrons. The minimum Gasteiger partial charge on any atom is -0.550 e. The van der Waals surface area contributed by atoms with E-state index in [9.17, 15) is 9.90 Å². The van der Waals surface area contributed by atoms with Crippen molar-refractivity contribution >= 4 is 27.6 Å². The summed E-state index contributed by atoms with van der Waals surface area (Å²) in [5.41, 5.74) is 4.50. The molecule has 0 aliphatic carbocycles. The molecule has 76 valence electrons. The number of aliphatic carboxylic acids is 1. The summed E-state index contributed by atoms with van der Waals surface area (Å²) in [5.74, 6) is 0.326. The van der Waals surface area contributed by atoms with Crippen LogP contribution in [0.1, 0.15) is 14.9 Å². The largest absolute Gasteiger partial charge is 0.550 e. The first kappa shape index (κ1) is 18.0. The Morgan fingerprint density at radius 1 is 1.33 bits per heavy atom. The van der Waals surface area contributed by atoms with Crippen LogP contribution >= 0.6 is 21.6 Å². The molecule has 0 saturated carbocycles. The highest BCUT2D eigenvalue weighted by atomic mass is 33.1. The Balaban J connectivity index is -0.000000189. The van der Waals surface area contributed by atoms with E-state index in [1.165, 1.54) is 7.05 Å². The standard InChI is InChI=1S/C4H6O2S2.CH5N.2CH4/c5-4(6)3-1-7-8-2-3;1-2;;/h3H,1-2H2,(H,5,6);2H2,1H3;2*1H4/p-1. The van der Waals surface area contributed by atoms with Gasteiger partial charge < -0.3 is 15.6 Å². The first-order chi connectivity index (χ1) is 4.80. The van der Waals surface area contributed by atoms with Crippen molar-refractivity contribution in [1.29, 1.82) is 0 Å². The summed E-state index contributed by atoms with van der Waals surface area (Å²) in [5, 5.41) is 10.1. The molecule has 0 aromatic carbocycles. The molecule has 12 heavy (non-hydrogen) atoms. The molecular weight excluding hydrogens is 194 g/mol. The number of rotatable bonds is 1. The van der Waals surface area contributed by atoms with Gasteiger partial charge >= 0.3 is 0 Å². The van der Waals surface area contributed by atoms with Crippen LogP contribution in [-0.4, -0.2) is 24.5 Å². The highest BCUT2D eigenvalue weighted by Gasteiger charge is 2.16. The molecule has 0 atom stereocenters. The molecule has 1 rings (SSSR count). The Labute approximate surface area is 82.9 Å². The lowest BCUT2D eigenvalue weighted by atomic mass is 10.2. The summed E-state index contributed by atoms with van der Waals surface area (Å²) in [6.07, 6.45) is 0. The van der Waals surface area contributed by atoms with Crippen LogP contribution in [-0.2, 0) is 4.79 Å². The van der Waals surface area contributed by atoms with Gasteiger partial charge in [0.2, 0.25) is 0 Å². The first-order valence-corrected chi connectivity index (χ1v) is 5.32. The monoisotopic (exact) mass is 212 g/mol. The average Bonchev–Trinajstić information content (AvgIpc) is 2.42. The Morgan fingerprint density at radius 3 is 1.83 bits per heavy atom. The smallest absolute Gasteiger partial charge is 0.0462 e. The minimum absolute atomic E-state index is 0. The number of nitrogens with two attached hydrogens (primary N) is 1. The molecule has 0 unspecified atom stereocenters. The maximum atomic E-state index is 10.1. The van der Waals surface area contributed by atoms with Crippen LogP contribution in [0.2, 0.25) is 0 Å². The van der Waals surface area contributed by atoms with Gasteiger partial charge in [0, 0.05) is 23.4 Å². The fourth-order valence-electron chi connectivity index (χ4n) is 0.445. The number of carboxylic acid groups (broad SMARTS) is 1. The van der Waals surface area contributed by atoms with E-state index in [4.69, 9.17) is 0 Å². The third-order valence-electron chi connectivity index (χ3n) is 0.955. The molecule has 0 spiro atoms. The van der Waals surface area contributed by atoms with E-state index in [2.05, 4.69) is 5.73 Å². The van der Waals surface area contributed by atoms with E-state index in [1.807, 2.05) is 0 Å². The molecule has 5 heteroatoms. The van der Waals surface area contributed by atoms with Crippen molar-refractivity contribution in [2.75, 3.05) is 18.6 Å². The summed E-state index contributed by atoms with van der Waals surface area (Å²) in [7, 11) is 4.71. The summed E-state index contributed by atoms with van der Waals surface area (Å²) < 4.78 is 0. The molecule has 2 N–H and O–H groups in total. The second-order valence-corrected chi connectivity index (χ2v) is 4.14. The molecular formula is C7H18NO2S2-. The highest BCUT2D eigenvalue weighted by molar-refractivity contribution is 8.77. The van der Waals surface area contributed by atoms with Gasteiger partial charge in [-0.2, -0.15) is 0 Å². The molecule has 0 amide bonds. The van der Waals surface area contributed by atoms with E-state index in [0.29, 0.717) is 11.5 Å².